The van der Waals surface area contributed by atoms with E-state index < -0.39 is 6.10 Å². The predicted octanol–water partition coefficient (Wildman–Crippen LogP) is 1.68. The van der Waals surface area contributed by atoms with Gasteiger partial charge in [-0.2, -0.15) is 0 Å². The van der Waals surface area contributed by atoms with Gasteiger partial charge in [0.1, 0.15) is 6.10 Å². The number of aromatic nitrogens is 1. The molecule has 2 amide bonds. The van der Waals surface area contributed by atoms with Crippen LogP contribution in [0.5, 0.6) is 0 Å². The summed E-state index contributed by atoms with van der Waals surface area (Å²) in [4.78, 5) is 28.5. The average Bonchev–Trinajstić information content (AvgIpc) is 2.70. The number of anilines is 1. The van der Waals surface area contributed by atoms with E-state index in [1.54, 1.807) is 18.5 Å². The number of pyridine rings is 1. The van der Waals surface area contributed by atoms with Gasteiger partial charge in [0.05, 0.1) is 31.6 Å². The van der Waals surface area contributed by atoms with Gasteiger partial charge in [-0.05, 0) is 36.6 Å². The zero-order valence-corrected chi connectivity index (χ0v) is 15.6. The van der Waals surface area contributed by atoms with E-state index >= 15 is 0 Å². The number of nitrogens with one attached hydrogen (secondary N) is 2. The number of hydrogen-bond acceptors (Lipinski definition) is 5. The van der Waals surface area contributed by atoms with E-state index in [1.165, 1.54) is 0 Å². The van der Waals surface area contributed by atoms with Crippen molar-refractivity contribution in [3.8, 4) is 0 Å². The van der Waals surface area contributed by atoms with Crippen LogP contribution in [0.4, 0.5) is 5.69 Å². The third kappa shape index (κ3) is 5.87. The molecule has 1 saturated heterocycles. The number of nitrogens with zero attached hydrogens (tertiary/aromatic N) is 1. The number of amides is 2. The van der Waals surface area contributed by atoms with Crippen molar-refractivity contribution in [2.45, 2.75) is 43.9 Å². The highest BCUT2D eigenvalue weighted by Crippen LogP contribution is 2.22. The highest BCUT2D eigenvalue weighted by molar-refractivity contribution is 5.91. The van der Waals surface area contributed by atoms with Crippen molar-refractivity contribution in [1.29, 1.82) is 0 Å². The molecule has 0 radical (unpaired) electrons. The zero-order chi connectivity index (χ0) is 19.8. The fraction of sp³-hybridized carbons (Fsp3) is 0.381. The third-order valence-corrected chi connectivity index (χ3v) is 4.70. The first kappa shape index (κ1) is 20.0. The van der Waals surface area contributed by atoms with E-state index in [1.807, 2.05) is 36.4 Å². The van der Waals surface area contributed by atoms with Crippen LogP contribution in [0.3, 0.4) is 0 Å². The summed E-state index contributed by atoms with van der Waals surface area (Å²) in [5, 5.41) is 15.4. The van der Waals surface area contributed by atoms with Crippen LogP contribution in [0.25, 0.3) is 0 Å². The van der Waals surface area contributed by atoms with Gasteiger partial charge in [-0.25, -0.2) is 0 Å². The SMILES string of the molecule is O=C(C[C@H]1CC[C@@H](NC(=O)Cc2cccnc2)[C@@H](CO)O1)Nc1ccccc1. The van der Waals surface area contributed by atoms with Crippen LogP contribution >= 0.6 is 0 Å². The lowest BCUT2D eigenvalue weighted by atomic mass is 9.96. The second-order valence-corrected chi connectivity index (χ2v) is 6.89. The van der Waals surface area contributed by atoms with E-state index in [0.717, 1.165) is 11.3 Å². The maximum Gasteiger partial charge on any atom is 0.226 e. The normalized spacial score (nSPS) is 21.7. The van der Waals surface area contributed by atoms with Crippen LogP contribution in [0.15, 0.2) is 54.9 Å². The summed E-state index contributed by atoms with van der Waals surface area (Å²) in [6.45, 7) is -0.214. The van der Waals surface area contributed by atoms with Crippen LogP contribution < -0.4 is 10.6 Å². The molecule has 7 heteroatoms. The number of aliphatic hydroxyl groups is 1. The smallest absolute Gasteiger partial charge is 0.226 e. The zero-order valence-electron chi connectivity index (χ0n) is 15.6. The molecule has 3 atom stereocenters. The van der Waals surface area contributed by atoms with E-state index in [2.05, 4.69) is 15.6 Å². The Kier molecular flexibility index (Phi) is 7.11. The molecular weight excluding hydrogens is 358 g/mol. The first-order chi connectivity index (χ1) is 13.6. The number of carbonyl (C=O) groups excluding carboxylic acids is 2. The summed E-state index contributed by atoms with van der Waals surface area (Å²) < 4.78 is 5.87. The summed E-state index contributed by atoms with van der Waals surface area (Å²) in [7, 11) is 0. The lowest BCUT2D eigenvalue weighted by molar-refractivity contribution is -0.133. The molecule has 1 aliphatic heterocycles. The summed E-state index contributed by atoms with van der Waals surface area (Å²) in [5.74, 6) is -0.271. The van der Waals surface area contributed by atoms with Gasteiger partial charge in [0.15, 0.2) is 0 Å². The van der Waals surface area contributed by atoms with Gasteiger partial charge in [-0.15, -0.1) is 0 Å². The molecule has 1 aromatic heterocycles. The first-order valence-electron chi connectivity index (χ1n) is 9.43. The van der Waals surface area contributed by atoms with Gasteiger partial charge in [0.2, 0.25) is 11.8 Å². The number of rotatable bonds is 7. The Bertz CT molecular complexity index is 770. The van der Waals surface area contributed by atoms with Gasteiger partial charge in [-0.1, -0.05) is 24.3 Å². The maximum atomic E-state index is 12.3. The number of ether oxygens (including phenoxy) is 1. The monoisotopic (exact) mass is 383 g/mol. The molecule has 148 valence electrons. The van der Waals surface area contributed by atoms with Crippen molar-refractivity contribution in [3.63, 3.8) is 0 Å². The molecule has 0 bridgehead atoms. The van der Waals surface area contributed by atoms with Crippen molar-refractivity contribution >= 4 is 17.5 Å². The molecule has 3 N–H and O–H groups in total. The summed E-state index contributed by atoms with van der Waals surface area (Å²) in [5.41, 5.74) is 1.57. The maximum absolute atomic E-state index is 12.3. The Morgan fingerprint density at radius 2 is 1.93 bits per heavy atom. The molecule has 2 aromatic rings. The molecule has 2 heterocycles. The number of para-hydroxylation sites is 1. The summed E-state index contributed by atoms with van der Waals surface area (Å²) >= 11 is 0. The minimum absolute atomic E-state index is 0.132. The minimum Gasteiger partial charge on any atom is -0.394 e. The fourth-order valence-corrected chi connectivity index (χ4v) is 3.33. The van der Waals surface area contributed by atoms with Crippen LogP contribution in [-0.4, -0.2) is 46.8 Å². The van der Waals surface area contributed by atoms with Crippen LogP contribution in [0.1, 0.15) is 24.8 Å². The van der Waals surface area contributed by atoms with Crippen LogP contribution in [0, 0.1) is 0 Å². The molecule has 3 rings (SSSR count). The molecular formula is C21H25N3O4. The number of carbonyl (C=O) groups is 2. The van der Waals surface area contributed by atoms with Gasteiger partial charge >= 0.3 is 0 Å². The number of hydrogen-bond donors (Lipinski definition) is 3. The molecule has 1 aromatic carbocycles. The average molecular weight is 383 g/mol. The highest BCUT2D eigenvalue weighted by Gasteiger charge is 2.32. The molecule has 0 aliphatic carbocycles. The predicted molar refractivity (Wildman–Crippen MR) is 105 cm³/mol. The second-order valence-electron chi connectivity index (χ2n) is 6.89. The van der Waals surface area contributed by atoms with Crippen molar-refractivity contribution in [3.05, 3.63) is 60.4 Å². The Morgan fingerprint density at radius 1 is 1.11 bits per heavy atom. The second kappa shape index (κ2) is 9.96. The fourth-order valence-electron chi connectivity index (χ4n) is 3.33. The van der Waals surface area contributed by atoms with Crippen LogP contribution in [0.2, 0.25) is 0 Å². The minimum atomic E-state index is -0.527. The quantitative estimate of drug-likeness (QED) is 0.675. The van der Waals surface area contributed by atoms with Crippen LogP contribution in [-0.2, 0) is 20.7 Å². The largest absolute Gasteiger partial charge is 0.394 e. The molecule has 7 nitrogen and oxygen atoms in total. The molecule has 0 saturated carbocycles. The van der Waals surface area contributed by atoms with E-state index in [4.69, 9.17) is 4.74 Å². The Hall–Kier alpha value is -2.77. The highest BCUT2D eigenvalue weighted by atomic mass is 16.5. The van der Waals surface area contributed by atoms with E-state index in [-0.39, 0.29) is 43.4 Å². The molecule has 0 spiro atoms. The van der Waals surface area contributed by atoms with Gasteiger partial charge in [0.25, 0.3) is 0 Å². The number of aliphatic hydroxyl groups excluding tert-OH is 1. The Balaban J connectivity index is 1.47. The van der Waals surface area contributed by atoms with Gasteiger partial charge in [0, 0.05) is 18.1 Å². The first-order valence-corrected chi connectivity index (χ1v) is 9.43. The summed E-state index contributed by atoms with van der Waals surface area (Å²) in [6.07, 6.45) is 4.22. The third-order valence-electron chi connectivity index (χ3n) is 4.70. The topological polar surface area (TPSA) is 101 Å². The van der Waals surface area contributed by atoms with Crippen molar-refractivity contribution in [2.75, 3.05) is 11.9 Å². The molecule has 0 unspecified atom stereocenters. The molecule has 1 fully saturated rings. The van der Waals surface area contributed by atoms with Gasteiger partial charge in [-0.3, -0.25) is 14.6 Å². The standard InChI is InChI=1S/C21H25N3O4/c25-14-19-18(24-20(26)11-15-5-4-10-22-13-15)9-8-17(28-19)12-21(27)23-16-6-2-1-3-7-16/h1-7,10,13,17-19,25H,8-9,11-12,14H2,(H,23,27)(H,24,26)/t17-,18-,19-/m1/s1. The van der Waals surface area contributed by atoms with Crippen molar-refractivity contribution < 1.29 is 19.4 Å². The molecule has 1 aliphatic rings. The Morgan fingerprint density at radius 3 is 2.64 bits per heavy atom. The lowest BCUT2D eigenvalue weighted by Gasteiger charge is -2.36. The Labute approximate surface area is 164 Å². The van der Waals surface area contributed by atoms with Gasteiger partial charge < -0.3 is 20.5 Å². The summed E-state index contributed by atoms with van der Waals surface area (Å²) in [6, 6.07) is 12.6. The number of benzene rings is 1. The lowest BCUT2D eigenvalue weighted by Crippen LogP contribution is -2.51. The van der Waals surface area contributed by atoms with Crippen molar-refractivity contribution in [2.24, 2.45) is 0 Å². The van der Waals surface area contributed by atoms with E-state index in [9.17, 15) is 14.7 Å². The van der Waals surface area contributed by atoms with E-state index in [0.29, 0.717) is 12.8 Å². The molecule has 28 heavy (non-hydrogen) atoms. The van der Waals surface area contributed by atoms with Crippen molar-refractivity contribution in [1.82, 2.24) is 10.3 Å².